The molecule has 1 fully saturated rings. The molecule has 0 radical (unpaired) electrons. The van der Waals surface area contributed by atoms with Crippen molar-refractivity contribution in [3.05, 3.63) is 53.5 Å². The van der Waals surface area contributed by atoms with E-state index in [1.54, 1.807) is 19.2 Å². The molecule has 1 N–H and O–H groups in total. The molecule has 0 spiro atoms. The van der Waals surface area contributed by atoms with Gasteiger partial charge in [-0.1, -0.05) is 6.07 Å². The SMILES string of the molecule is Cc1ccc(F)cc1S(=O)(=O)NCc1ccnc(N2CCCCC2)c1. The van der Waals surface area contributed by atoms with Crippen molar-refractivity contribution in [2.75, 3.05) is 18.0 Å². The molecular weight excluding hydrogens is 341 g/mol. The maximum Gasteiger partial charge on any atom is 0.241 e. The number of benzene rings is 1. The number of halogens is 1. The second-order valence-electron chi connectivity index (χ2n) is 6.30. The Bertz CT molecular complexity index is 849. The first-order valence-electron chi connectivity index (χ1n) is 8.41. The van der Waals surface area contributed by atoms with Crippen LogP contribution in [0.4, 0.5) is 10.2 Å². The monoisotopic (exact) mass is 363 g/mol. The highest BCUT2D eigenvalue weighted by molar-refractivity contribution is 7.89. The third-order valence-corrected chi connectivity index (χ3v) is 5.94. The van der Waals surface area contributed by atoms with Gasteiger partial charge in [0.05, 0.1) is 4.90 Å². The Hall–Kier alpha value is -1.99. The average molecular weight is 363 g/mol. The van der Waals surface area contributed by atoms with E-state index in [1.165, 1.54) is 18.6 Å². The summed E-state index contributed by atoms with van der Waals surface area (Å²) in [5.41, 5.74) is 1.34. The fourth-order valence-electron chi connectivity index (χ4n) is 2.99. The zero-order valence-electron chi connectivity index (χ0n) is 14.2. The molecule has 2 aromatic rings. The number of hydrogen-bond donors (Lipinski definition) is 1. The lowest BCUT2D eigenvalue weighted by Crippen LogP contribution is -2.30. The number of anilines is 1. The minimum atomic E-state index is -3.77. The van der Waals surface area contributed by atoms with E-state index >= 15 is 0 Å². The molecule has 1 aliphatic rings. The summed E-state index contributed by atoms with van der Waals surface area (Å²) in [7, 11) is -3.77. The number of sulfonamides is 1. The van der Waals surface area contributed by atoms with Crippen LogP contribution in [0.1, 0.15) is 30.4 Å². The number of nitrogens with zero attached hydrogens (tertiary/aromatic N) is 2. The summed E-state index contributed by atoms with van der Waals surface area (Å²) in [4.78, 5) is 6.58. The average Bonchev–Trinajstić information content (AvgIpc) is 2.63. The zero-order chi connectivity index (χ0) is 17.9. The van der Waals surface area contributed by atoms with E-state index in [9.17, 15) is 12.8 Å². The fourth-order valence-corrected chi connectivity index (χ4v) is 4.26. The molecule has 1 aromatic heterocycles. The van der Waals surface area contributed by atoms with E-state index < -0.39 is 15.8 Å². The van der Waals surface area contributed by atoms with Crippen molar-refractivity contribution in [3.8, 4) is 0 Å². The number of aromatic nitrogens is 1. The largest absolute Gasteiger partial charge is 0.357 e. The van der Waals surface area contributed by atoms with E-state index in [0.717, 1.165) is 43.4 Å². The first kappa shape index (κ1) is 17.8. The van der Waals surface area contributed by atoms with E-state index in [2.05, 4.69) is 14.6 Å². The Morgan fingerprint density at radius 1 is 1.16 bits per heavy atom. The maximum atomic E-state index is 13.4. The van der Waals surface area contributed by atoms with Gasteiger partial charge in [-0.2, -0.15) is 0 Å². The highest BCUT2D eigenvalue weighted by atomic mass is 32.2. The number of aryl methyl sites for hydroxylation is 1. The number of hydrogen-bond acceptors (Lipinski definition) is 4. The molecule has 1 aliphatic heterocycles. The van der Waals surface area contributed by atoms with Gasteiger partial charge in [0.15, 0.2) is 0 Å². The van der Waals surface area contributed by atoms with Crippen LogP contribution in [0.2, 0.25) is 0 Å². The molecule has 0 bridgehead atoms. The van der Waals surface area contributed by atoms with Gasteiger partial charge in [-0.15, -0.1) is 0 Å². The molecule has 2 heterocycles. The number of nitrogens with one attached hydrogen (secondary N) is 1. The lowest BCUT2D eigenvalue weighted by atomic mass is 10.1. The van der Waals surface area contributed by atoms with Crippen LogP contribution in [0.5, 0.6) is 0 Å². The highest BCUT2D eigenvalue weighted by Crippen LogP contribution is 2.20. The van der Waals surface area contributed by atoms with Crippen molar-refractivity contribution in [3.63, 3.8) is 0 Å². The van der Waals surface area contributed by atoms with E-state index in [1.807, 2.05) is 6.07 Å². The first-order chi connectivity index (χ1) is 12.0. The van der Waals surface area contributed by atoms with Gasteiger partial charge in [0.25, 0.3) is 0 Å². The predicted octanol–water partition coefficient (Wildman–Crippen LogP) is 3.00. The zero-order valence-corrected chi connectivity index (χ0v) is 15.0. The van der Waals surface area contributed by atoms with Crippen molar-refractivity contribution in [2.45, 2.75) is 37.6 Å². The topological polar surface area (TPSA) is 62.3 Å². The Balaban J connectivity index is 1.73. The predicted molar refractivity (Wildman–Crippen MR) is 95.5 cm³/mol. The van der Waals surface area contributed by atoms with E-state index in [4.69, 9.17) is 0 Å². The van der Waals surface area contributed by atoms with Crippen LogP contribution in [-0.2, 0) is 16.6 Å². The Labute approximate surface area is 147 Å². The lowest BCUT2D eigenvalue weighted by Gasteiger charge is -2.27. The van der Waals surface area contributed by atoms with Gasteiger partial charge >= 0.3 is 0 Å². The van der Waals surface area contributed by atoms with Gasteiger partial charge in [0.1, 0.15) is 11.6 Å². The van der Waals surface area contributed by atoms with Crippen LogP contribution in [-0.4, -0.2) is 26.5 Å². The van der Waals surface area contributed by atoms with Gasteiger partial charge in [-0.05, 0) is 61.6 Å². The molecule has 0 amide bonds. The molecule has 1 aromatic carbocycles. The van der Waals surface area contributed by atoms with Crippen molar-refractivity contribution >= 4 is 15.8 Å². The van der Waals surface area contributed by atoms with Crippen LogP contribution < -0.4 is 9.62 Å². The Morgan fingerprint density at radius 3 is 2.68 bits per heavy atom. The van der Waals surface area contributed by atoms with Crippen LogP contribution in [0.25, 0.3) is 0 Å². The van der Waals surface area contributed by atoms with Gasteiger partial charge in [-0.3, -0.25) is 0 Å². The smallest absolute Gasteiger partial charge is 0.241 e. The van der Waals surface area contributed by atoms with Crippen LogP contribution in [0.15, 0.2) is 41.4 Å². The van der Waals surface area contributed by atoms with Crippen LogP contribution >= 0.6 is 0 Å². The second-order valence-corrected chi connectivity index (χ2v) is 8.04. The standard InChI is InChI=1S/C18H22FN3O2S/c1-14-5-6-16(19)12-17(14)25(23,24)21-13-15-7-8-20-18(11-15)22-9-3-2-4-10-22/h5-8,11-12,21H,2-4,9-10,13H2,1H3. The minimum Gasteiger partial charge on any atom is -0.357 e. The molecule has 0 atom stereocenters. The molecule has 1 saturated heterocycles. The lowest BCUT2D eigenvalue weighted by molar-refractivity contribution is 0.572. The molecule has 5 nitrogen and oxygen atoms in total. The minimum absolute atomic E-state index is 0.0298. The maximum absolute atomic E-state index is 13.4. The number of pyridine rings is 1. The van der Waals surface area contributed by atoms with E-state index in [-0.39, 0.29) is 11.4 Å². The summed E-state index contributed by atoms with van der Waals surface area (Å²) in [6.07, 6.45) is 5.23. The second kappa shape index (κ2) is 7.49. The molecular formula is C18H22FN3O2S. The third kappa shape index (κ3) is 4.35. The molecule has 0 unspecified atom stereocenters. The molecule has 134 valence electrons. The van der Waals surface area contributed by atoms with Gasteiger partial charge in [0, 0.05) is 25.8 Å². The van der Waals surface area contributed by atoms with Gasteiger partial charge in [0.2, 0.25) is 10.0 Å². The first-order valence-corrected chi connectivity index (χ1v) is 9.90. The summed E-state index contributed by atoms with van der Waals surface area (Å²) in [5.74, 6) is 0.306. The Kier molecular flexibility index (Phi) is 5.34. The third-order valence-electron chi connectivity index (χ3n) is 4.40. The van der Waals surface area contributed by atoms with Crippen LogP contribution in [0, 0.1) is 12.7 Å². The normalized spacial score (nSPS) is 15.4. The molecule has 0 aliphatic carbocycles. The van der Waals surface area contributed by atoms with Gasteiger partial charge in [-0.25, -0.2) is 22.5 Å². The highest BCUT2D eigenvalue weighted by Gasteiger charge is 2.18. The van der Waals surface area contributed by atoms with Crippen molar-refractivity contribution in [1.29, 1.82) is 0 Å². The molecule has 7 heteroatoms. The number of piperidine rings is 1. The molecule has 0 saturated carbocycles. The van der Waals surface area contributed by atoms with Crippen molar-refractivity contribution in [2.24, 2.45) is 0 Å². The van der Waals surface area contributed by atoms with Crippen molar-refractivity contribution in [1.82, 2.24) is 9.71 Å². The molecule has 25 heavy (non-hydrogen) atoms. The summed E-state index contributed by atoms with van der Waals surface area (Å²) < 4.78 is 40.9. The summed E-state index contributed by atoms with van der Waals surface area (Å²) in [6, 6.07) is 7.46. The van der Waals surface area contributed by atoms with Gasteiger partial charge < -0.3 is 4.90 Å². The fraction of sp³-hybridized carbons (Fsp3) is 0.389. The summed E-state index contributed by atoms with van der Waals surface area (Å²) >= 11 is 0. The molecule has 3 rings (SSSR count). The van der Waals surface area contributed by atoms with E-state index in [0.29, 0.717) is 5.56 Å². The number of rotatable bonds is 5. The summed E-state index contributed by atoms with van der Waals surface area (Å²) in [5, 5.41) is 0. The quantitative estimate of drug-likeness (QED) is 0.887. The Morgan fingerprint density at radius 2 is 1.92 bits per heavy atom. The summed E-state index contributed by atoms with van der Waals surface area (Å²) in [6.45, 7) is 3.74. The van der Waals surface area contributed by atoms with Crippen molar-refractivity contribution < 1.29 is 12.8 Å². The van der Waals surface area contributed by atoms with Crippen LogP contribution in [0.3, 0.4) is 0 Å².